The first-order valence-electron chi connectivity index (χ1n) is 9.51. The van der Waals surface area contributed by atoms with Gasteiger partial charge in [0.05, 0.1) is 12.2 Å². The zero-order valence-corrected chi connectivity index (χ0v) is 17.6. The summed E-state index contributed by atoms with van der Waals surface area (Å²) in [5.74, 6) is 0.212. The van der Waals surface area contributed by atoms with E-state index in [2.05, 4.69) is 5.09 Å². The zero-order valence-electron chi connectivity index (χ0n) is 16.7. The van der Waals surface area contributed by atoms with Crippen LogP contribution in [0.4, 0.5) is 0 Å². The summed E-state index contributed by atoms with van der Waals surface area (Å²) in [5.41, 5.74) is 11.4. The molecule has 8 N–H and O–H groups in total. The minimum Gasteiger partial charge on any atom is -0.386 e. The molecule has 0 aromatic rings. The van der Waals surface area contributed by atoms with Crippen LogP contribution in [0.15, 0.2) is 0 Å². The van der Waals surface area contributed by atoms with Crippen molar-refractivity contribution in [2.24, 2.45) is 17.4 Å². The topological polar surface area (TPSA) is 179 Å². The van der Waals surface area contributed by atoms with Crippen molar-refractivity contribution in [1.29, 1.82) is 0 Å². The number of ether oxygens (including phenoxy) is 3. The number of hydrogen-bond donors (Lipinski definition) is 6. The summed E-state index contributed by atoms with van der Waals surface area (Å²) in [6.45, 7) is 7.34. The van der Waals surface area contributed by atoms with Crippen LogP contribution < -0.4 is 16.6 Å². The average Bonchev–Trinajstić information content (AvgIpc) is 2.97. The van der Waals surface area contributed by atoms with E-state index in [0.717, 1.165) is 0 Å². The van der Waals surface area contributed by atoms with Crippen molar-refractivity contribution < 1.29 is 38.4 Å². The lowest BCUT2D eigenvalue weighted by molar-refractivity contribution is -0.0645. The van der Waals surface area contributed by atoms with E-state index in [4.69, 9.17) is 30.2 Å². The quantitative estimate of drug-likeness (QED) is 0.248. The molecule has 2 rings (SSSR count). The molecule has 0 bridgehead atoms. The van der Waals surface area contributed by atoms with Gasteiger partial charge in [-0.3, -0.25) is 4.52 Å². The van der Waals surface area contributed by atoms with E-state index in [9.17, 15) is 19.7 Å². The average molecular weight is 427 g/mol. The van der Waals surface area contributed by atoms with Crippen LogP contribution in [-0.2, 0) is 23.3 Å². The summed E-state index contributed by atoms with van der Waals surface area (Å²) in [6, 6.07) is 0. The molecule has 0 amide bonds. The lowest BCUT2D eigenvalue weighted by Crippen LogP contribution is -2.42. The Morgan fingerprint density at radius 2 is 1.57 bits per heavy atom. The van der Waals surface area contributed by atoms with Gasteiger partial charge in [0.15, 0.2) is 0 Å². The molecule has 0 aromatic carbocycles. The monoisotopic (exact) mass is 427 g/mol. The van der Waals surface area contributed by atoms with Gasteiger partial charge >= 0.3 is 7.75 Å². The molecule has 0 radical (unpaired) electrons. The van der Waals surface area contributed by atoms with Crippen LogP contribution >= 0.6 is 7.75 Å². The normalized spacial score (nSPS) is 41.1. The summed E-state index contributed by atoms with van der Waals surface area (Å²) in [4.78, 5) is 10.2. The van der Waals surface area contributed by atoms with Crippen molar-refractivity contribution in [3.63, 3.8) is 0 Å². The van der Waals surface area contributed by atoms with Crippen molar-refractivity contribution in [2.75, 3.05) is 6.54 Å². The maximum atomic E-state index is 12.5. The van der Waals surface area contributed by atoms with Crippen LogP contribution in [0.5, 0.6) is 0 Å². The van der Waals surface area contributed by atoms with Gasteiger partial charge in [0, 0.05) is 6.54 Å². The first-order valence-corrected chi connectivity index (χ1v) is 11.1. The smallest absolute Gasteiger partial charge is 0.386 e. The largest absolute Gasteiger partial charge is 0.403 e. The van der Waals surface area contributed by atoms with Crippen LogP contribution in [0.3, 0.4) is 0 Å². The molecule has 2 heterocycles. The van der Waals surface area contributed by atoms with Gasteiger partial charge in [-0.25, -0.2) is 9.65 Å². The molecular weight excluding hydrogens is 393 g/mol. The fraction of sp³-hybridized carbons (Fsp3) is 1.00. The fourth-order valence-corrected chi connectivity index (χ4v) is 4.45. The van der Waals surface area contributed by atoms with Gasteiger partial charge in [0.2, 0.25) is 0 Å². The highest BCUT2D eigenvalue weighted by Gasteiger charge is 2.47. The first kappa shape index (κ1) is 24.1. The third-order valence-electron chi connectivity index (χ3n) is 4.63. The number of nitrogens with two attached hydrogens (primary N) is 2. The van der Waals surface area contributed by atoms with Crippen molar-refractivity contribution >= 4 is 7.75 Å². The summed E-state index contributed by atoms with van der Waals surface area (Å²) < 4.78 is 34.3. The highest BCUT2D eigenvalue weighted by atomic mass is 31.2. The van der Waals surface area contributed by atoms with Crippen molar-refractivity contribution in [1.82, 2.24) is 5.09 Å². The number of nitrogens with one attached hydrogen (secondary N) is 1. The number of aliphatic hydroxyl groups is 2. The number of hydrogen-bond acceptors (Lipinski definition) is 9. The third-order valence-corrected chi connectivity index (χ3v) is 5.74. The molecular formula is C16H34N3O8P. The SMILES string of the molecule is CC(C)C[C@H]1O[C@@H](N)C(O)C1OP(=O)(O)NC[C@H]1O[C@@H](N)C(O)C1OC(C)C. The van der Waals surface area contributed by atoms with Gasteiger partial charge < -0.3 is 40.8 Å². The highest BCUT2D eigenvalue weighted by molar-refractivity contribution is 7.50. The van der Waals surface area contributed by atoms with Crippen LogP contribution in [-0.4, -0.2) is 76.8 Å². The molecule has 166 valence electrons. The number of aliphatic hydroxyl groups excluding tert-OH is 2. The third kappa shape index (κ3) is 6.16. The lowest BCUT2D eigenvalue weighted by Gasteiger charge is -2.27. The summed E-state index contributed by atoms with van der Waals surface area (Å²) in [7, 11) is -4.34. The first-order chi connectivity index (χ1) is 12.9. The van der Waals surface area contributed by atoms with Gasteiger partial charge in [-0.05, 0) is 26.2 Å². The summed E-state index contributed by atoms with van der Waals surface area (Å²) >= 11 is 0. The molecule has 0 saturated carbocycles. The minimum atomic E-state index is -4.34. The van der Waals surface area contributed by atoms with E-state index in [0.29, 0.717) is 6.42 Å². The van der Waals surface area contributed by atoms with Crippen LogP contribution in [0, 0.1) is 5.92 Å². The van der Waals surface area contributed by atoms with Crippen LogP contribution in [0.2, 0.25) is 0 Å². The molecule has 0 spiro atoms. The zero-order chi connectivity index (χ0) is 21.2. The Labute approximate surface area is 165 Å². The van der Waals surface area contributed by atoms with Crippen molar-refractivity contribution in [3.8, 4) is 0 Å². The molecule has 2 aliphatic heterocycles. The predicted octanol–water partition coefficient (Wildman–Crippen LogP) is -1.01. The molecule has 2 aliphatic rings. The van der Waals surface area contributed by atoms with Gasteiger partial charge in [-0.15, -0.1) is 0 Å². The fourth-order valence-electron chi connectivity index (χ4n) is 3.37. The van der Waals surface area contributed by atoms with E-state index in [-0.39, 0.29) is 18.6 Å². The lowest BCUT2D eigenvalue weighted by atomic mass is 10.0. The summed E-state index contributed by atoms with van der Waals surface area (Å²) in [6.07, 6.45) is -7.13. The molecule has 2 saturated heterocycles. The predicted molar refractivity (Wildman–Crippen MR) is 99.9 cm³/mol. The Morgan fingerprint density at radius 1 is 1.04 bits per heavy atom. The Hall–Kier alpha value is -0.170. The van der Waals surface area contributed by atoms with E-state index in [1.165, 1.54) is 0 Å². The van der Waals surface area contributed by atoms with Gasteiger partial charge in [-0.1, -0.05) is 13.8 Å². The Kier molecular flexibility index (Phi) is 8.40. The molecule has 0 aromatic heterocycles. The Morgan fingerprint density at radius 3 is 2.11 bits per heavy atom. The summed E-state index contributed by atoms with van der Waals surface area (Å²) in [5, 5.41) is 22.6. The van der Waals surface area contributed by atoms with E-state index in [1.807, 2.05) is 13.8 Å². The van der Waals surface area contributed by atoms with Gasteiger partial charge in [-0.2, -0.15) is 0 Å². The van der Waals surface area contributed by atoms with Gasteiger partial charge in [0.1, 0.15) is 43.0 Å². The molecule has 5 unspecified atom stereocenters. The van der Waals surface area contributed by atoms with Crippen molar-refractivity contribution in [3.05, 3.63) is 0 Å². The number of rotatable bonds is 9. The van der Waals surface area contributed by atoms with Crippen molar-refractivity contribution in [2.45, 2.75) is 89.3 Å². The molecule has 11 nitrogen and oxygen atoms in total. The Balaban J connectivity index is 1.98. The molecule has 28 heavy (non-hydrogen) atoms. The molecule has 9 atom stereocenters. The maximum absolute atomic E-state index is 12.5. The van der Waals surface area contributed by atoms with E-state index in [1.54, 1.807) is 13.8 Å². The van der Waals surface area contributed by atoms with E-state index >= 15 is 0 Å². The van der Waals surface area contributed by atoms with E-state index < -0.39 is 56.8 Å². The Bertz CT molecular complexity index is 552. The highest BCUT2D eigenvalue weighted by Crippen LogP contribution is 2.43. The maximum Gasteiger partial charge on any atom is 0.403 e. The second-order valence-electron chi connectivity index (χ2n) is 7.99. The molecule has 0 aliphatic carbocycles. The minimum absolute atomic E-state index is 0.152. The van der Waals surface area contributed by atoms with Gasteiger partial charge in [0.25, 0.3) is 0 Å². The molecule has 12 heteroatoms. The second-order valence-corrected chi connectivity index (χ2v) is 9.56. The second kappa shape index (κ2) is 9.76. The van der Waals surface area contributed by atoms with Crippen LogP contribution in [0.25, 0.3) is 0 Å². The molecule has 2 fully saturated rings. The van der Waals surface area contributed by atoms with Crippen LogP contribution in [0.1, 0.15) is 34.1 Å². The standard InChI is InChI=1S/C16H34N3O8P/c1-7(2)5-9-14(12(21)16(18)25-9)27-28(22,23)19-6-10-13(24-8(3)4)11(20)15(17)26-10/h7-16,20-21H,5-6,17-18H2,1-4H3,(H2,19,22,23)/t9-,10-,11?,12?,13?,14?,15-,16-/m1/s1.